The number of aliphatic hydroxyl groups excluding tert-OH is 4. The van der Waals surface area contributed by atoms with Crippen LogP contribution in [0.5, 0.6) is 5.75 Å². The van der Waals surface area contributed by atoms with Crippen LogP contribution in [0.3, 0.4) is 0 Å². The van der Waals surface area contributed by atoms with Crippen molar-refractivity contribution >= 4 is 22.6 Å². The molecule has 6 atom stereocenters. The first-order chi connectivity index (χ1) is 20.2. The monoisotopic (exact) mass is 591 g/mol. The molecular formula is C32H49NO9. The molecule has 0 saturated carbocycles. The van der Waals surface area contributed by atoms with Crippen molar-refractivity contribution in [2.75, 3.05) is 11.9 Å². The minimum absolute atomic E-state index is 0.0378. The second-order valence-electron chi connectivity index (χ2n) is 11.6. The molecule has 3 rings (SSSR count). The number of carbonyl (C=O) groups is 1. The Labute approximate surface area is 248 Å². The number of amides is 1. The summed E-state index contributed by atoms with van der Waals surface area (Å²) in [6.45, 7) is 5.24. The van der Waals surface area contributed by atoms with Gasteiger partial charge >= 0.3 is 5.63 Å². The zero-order valence-corrected chi connectivity index (χ0v) is 25.2. The number of carbonyl (C=O) groups excluding carboxylic acids is 1. The molecule has 1 aliphatic heterocycles. The molecule has 10 nitrogen and oxygen atoms in total. The van der Waals surface area contributed by atoms with Gasteiger partial charge in [0.05, 0.1) is 12.3 Å². The highest BCUT2D eigenvalue weighted by Crippen LogP contribution is 2.35. The van der Waals surface area contributed by atoms with Gasteiger partial charge in [0.2, 0.25) is 12.2 Å². The molecule has 2 heterocycles. The maximum atomic E-state index is 13.2. The number of aryl methyl sites for hydroxylation is 1. The number of rotatable bonds is 17. The molecule has 1 saturated heterocycles. The Bertz CT molecular complexity index is 1180. The Balaban J connectivity index is 1.62. The zero-order valence-electron chi connectivity index (χ0n) is 25.2. The number of hydrogen-bond donors (Lipinski definition) is 5. The average Bonchev–Trinajstić information content (AvgIpc) is 2.96. The minimum atomic E-state index is -1.65. The summed E-state index contributed by atoms with van der Waals surface area (Å²) in [6, 6.07) is 4.39. The van der Waals surface area contributed by atoms with Crippen LogP contribution in [0.1, 0.15) is 96.5 Å². The van der Waals surface area contributed by atoms with Gasteiger partial charge in [0, 0.05) is 23.4 Å². The summed E-state index contributed by atoms with van der Waals surface area (Å²) in [5.74, 6) is -0.444. The number of benzene rings is 1. The van der Waals surface area contributed by atoms with Gasteiger partial charge in [-0.05, 0) is 25.0 Å². The van der Waals surface area contributed by atoms with Gasteiger partial charge in [-0.1, -0.05) is 84.5 Å². The van der Waals surface area contributed by atoms with E-state index in [1.54, 1.807) is 13.0 Å². The molecule has 0 aliphatic carbocycles. The normalized spacial score (nSPS) is 23.2. The van der Waals surface area contributed by atoms with Crippen LogP contribution in [0.15, 0.2) is 27.4 Å². The van der Waals surface area contributed by atoms with E-state index in [2.05, 4.69) is 12.2 Å². The van der Waals surface area contributed by atoms with E-state index in [0.29, 0.717) is 10.9 Å². The third kappa shape index (κ3) is 9.50. The SMILES string of the molecule is CCCCCCCCCCCCC[C@@H](C)C(=O)Nc1cc2c(C)cc(=O)oc2cc1O[C@@H]1O[C@H](CO)[C@H](O)[C@H](O)[C@H]1O. The van der Waals surface area contributed by atoms with Gasteiger partial charge < -0.3 is 39.6 Å². The summed E-state index contributed by atoms with van der Waals surface area (Å²) >= 11 is 0. The molecule has 5 N–H and O–H groups in total. The van der Waals surface area contributed by atoms with Crippen molar-refractivity contribution in [1.29, 1.82) is 0 Å². The molecule has 0 radical (unpaired) electrons. The number of unbranched alkanes of at least 4 members (excludes halogenated alkanes) is 10. The number of ether oxygens (including phenoxy) is 2. The van der Waals surface area contributed by atoms with Gasteiger partial charge in [-0.2, -0.15) is 0 Å². The lowest BCUT2D eigenvalue weighted by molar-refractivity contribution is -0.277. The van der Waals surface area contributed by atoms with Crippen molar-refractivity contribution in [2.45, 2.75) is 129 Å². The molecule has 2 aromatic rings. The maximum absolute atomic E-state index is 13.2. The highest BCUT2D eigenvalue weighted by atomic mass is 16.7. The number of fused-ring (bicyclic) bond motifs is 1. The van der Waals surface area contributed by atoms with E-state index in [-0.39, 0.29) is 28.8 Å². The molecule has 1 fully saturated rings. The average molecular weight is 592 g/mol. The maximum Gasteiger partial charge on any atom is 0.336 e. The van der Waals surface area contributed by atoms with Crippen molar-refractivity contribution in [1.82, 2.24) is 0 Å². The van der Waals surface area contributed by atoms with Crippen LogP contribution in [-0.2, 0) is 9.53 Å². The predicted molar refractivity (Wildman–Crippen MR) is 160 cm³/mol. The molecule has 0 spiro atoms. The van der Waals surface area contributed by atoms with Crippen LogP contribution < -0.4 is 15.7 Å². The van der Waals surface area contributed by atoms with E-state index in [9.17, 15) is 30.0 Å². The fourth-order valence-corrected chi connectivity index (χ4v) is 5.33. The summed E-state index contributed by atoms with van der Waals surface area (Å²) in [4.78, 5) is 25.2. The van der Waals surface area contributed by atoms with Crippen LogP contribution in [0.2, 0.25) is 0 Å². The molecule has 1 aromatic carbocycles. The predicted octanol–water partition coefficient (Wildman–Crippen LogP) is 4.56. The lowest BCUT2D eigenvalue weighted by atomic mass is 9.99. The molecular weight excluding hydrogens is 542 g/mol. The van der Waals surface area contributed by atoms with E-state index in [1.807, 2.05) is 6.92 Å². The van der Waals surface area contributed by atoms with Crippen LogP contribution in [-0.4, -0.2) is 63.6 Å². The van der Waals surface area contributed by atoms with Gasteiger partial charge in [0.25, 0.3) is 0 Å². The highest BCUT2D eigenvalue weighted by molar-refractivity contribution is 5.97. The standard InChI is InChI=1S/C32H49NO9/c1-4-5-6-7-8-9-10-11-12-13-14-15-20(2)31(39)33-23-17-22-21(3)16-27(35)40-24(22)18-25(23)41-32-30(38)29(37)28(36)26(19-34)42-32/h16-18,20,26,28-30,32,34,36-38H,4-15,19H2,1-3H3,(H,33,39)/t20-,26-,28+,29+,30-,32-/m1/s1. The molecule has 0 unspecified atom stereocenters. The fraction of sp³-hybridized carbons (Fsp3) is 0.688. The smallest absolute Gasteiger partial charge is 0.336 e. The van der Waals surface area contributed by atoms with E-state index in [0.717, 1.165) is 25.7 Å². The van der Waals surface area contributed by atoms with Crippen LogP contribution in [0.4, 0.5) is 5.69 Å². The van der Waals surface area contributed by atoms with Gasteiger partial charge in [0.15, 0.2) is 0 Å². The molecule has 1 amide bonds. The highest BCUT2D eigenvalue weighted by Gasteiger charge is 2.45. The van der Waals surface area contributed by atoms with Crippen LogP contribution >= 0.6 is 0 Å². The zero-order chi connectivity index (χ0) is 30.6. The first-order valence-corrected chi connectivity index (χ1v) is 15.5. The van der Waals surface area contributed by atoms with E-state index >= 15 is 0 Å². The second kappa shape index (κ2) is 17.0. The molecule has 10 heteroatoms. The topological polar surface area (TPSA) is 159 Å². The lowest BCUT2D eigenvalue weighted by Crippen LogP contribution is -2.60. The Morgan fingerprint density at radius 2 is 1.55 bits per heavy atom. The van der Waals surface area contributed by atoms with Gasteiger partial charge in [-0.25, -0.2) is 4.79 Å². The number of aliphatic hydroxyl groups is 4. The molecule has 0 bridgehead atoms. The lowest BCUT2D eigenvalue weighted by Gasteiger charge is -2.39. The van der Waals surface area contributed by atoms with E-state index in [4.69, 9.17) is 13.9 Å². The molecule has 42 heavy (non-hydrogen) atoms. The Morgan fingerprint density at radius 3 is 2.17 bits per heavy atom. The third-order valence-electron chi connectivity index (χ3n) is 8.09. The number of anilines is 1. The first-order valence-electron chi connectivity index (χ1n) is 15.5. The Kier molecular flexibility index (Phi) is 13.7. The number of hydrogen-bond acceptors (Lipinski definition) is 9. The molecule has 1 aromatic heterocycles. The van der Waals surface area contributed by atoms with Crippen molar-refractivity contribution in [3.05, 3.63) is 34.2 Å². The second-order valence-corrected chi connectivity index (χ2v) is 11.6. The van der Waals surface area contributed by atoms with Crippen LogP contribution in [0.25, 0.3) is 11.0 Å². The third-order valence-corrected chi connectivity index (χ3v) is 8.09. The summed E-state index contributed by atoms with van der Waals surface area (Å²) < 4.78 is 16.7. The van der Waals surface area contributed by atoms with Gasteiger partial charge in [0.1, 0.15) is 35.7 Å². The molecule has 236 valence electrons. The summed E-state index contributed by atoms with van der Waals surface area (Å²) in [5.41, 5.74) is 0.556. The summed E-state index contributed by atoms with van der Waals surface area (Å²) in [7, 11) is 0. The summed E-state index contributed by atoms with van der Waals surface area (Å²) in [5, 5.41) is 43.8. The van der Waals surface area contributed by atoms with Crippen molar-refractivity contribution < 1.29 is 39.1 Å². The fourth-order valence-electron chi connectivity index (χ4n) is 5.33. The molecule has 1 aliphatic rings. The summed E-state index contributed by atoms with van der Waals surface area (Å²) in [6.07, 6.45) is 6.83. The van der Waals surface area contributed by atoms with Crippen LogP contribution in [0, 0.1) is 12.8 Å². The van der Waals surface area contributed by atoms with Crippen molar-refractivity contribution in [3.63, 3.8) is 0 Å². The van der Waals surface area contributed by atoms with Crippen molar-refractivity contribution in [3.8, 4) is 5.75 Å². The Hall–Kier alpha value is -2.50. The van der Waals surface area contributed by atoms with E-state index < -0.39 is 42.9 Å². The first kappa shape index (κ1) is 34.0. The Morgan fingerprint density at radius 1 is 0.929 bits per heavy atom. The minimum Gasteiger partial charge on any atom is -0.460 e. The quantitative estimate of drug-likeness (QED) is 0.131. The van der Waals surface area contributed by atoms with Gasteiger partial charge in [-0.3, -0.25) is 4.79 Å². The van der Waals surface area contributed by atoms with E-state index in [1.165, 1.54) is 63.5 Å². The largest absolute Gasteiger partial charge is 0.460 e. The van der Waals surface area contributed by atoms with Crippen molar-refractivity contribution in [2.24, 2.45) is 5.92 Å². The van der Waals surface area contributed by atoms with Gasteiger partial charge in [-0.15, -0.1) is 0 Å². The number of nitrogens with one attached hydrogen (secondary N) is 1.